The number of nitrogens with one attached hydrogen (secondary N) is 1. The molecule has 3 aromatic rings. The molecule has 28 heavy (non-hydrogen) atoms. The van der Waals surface area contributed by atoms with Crippen molar-refractivity contribution in [1.29, 1.82) is 0 Å². The Bertz CT molecular complexity index is 1030. The Morgan fingerprint density at radius 1 is 1.18 bits per heavy atom. The fourth-order valence-corrected chi connectivity index (χ4v) is 3.13. The molecule has 1 aliphatic heterocycles. The minimum absolute atomic E-state index is 0.0349. The van der Waals surface area contributed by atoms with Gasteiger partial charge in [0.2, 0.25) is 0 Å². The summed E-state index contributed by atoms with van der Waals surface area (Å²) in [6, 6.07) is 6.70. The van der Waals surface area contributed by atoms with E-state index in [-0.39, 0.29) is 11.6 Å². The zero-order valence-electron chi connectivity index (χ0n) is 14.0. The van der Waals surface area contributed by atoms with E-state index in [4.69, 9.17) is 27.7 Å². The summed E-state index contributed by atoms with van der Waals surface area (Å²) in [6.45, 7) is 1.65. The molecule has 0 bridgehead atoms. The van der Waals surface area contributed by atoms with Crippen LogP contribution >= 0.6 is 23.2 Å². The summed E-state index contributed by atoms with van der Waals surface area (Å²) >= 11 is 12.3. The molecule has 1 aliphatic rings. The maximum absolute atomic E-state index is 12.7. The topological polar surface area (TPSA) is 80.0 Å². The molecule has 0 unspecified atom stereocenters. The van der Waals surface area contributed by atoms with Gasteiger partial charge in [-0.3, -0.25) is 0 Å². The molecular weight excluding hydrogens is 420 g/mol. The van der Waals surface area contributed by atoms with Crippen LogP contribution in [0.4, 0.5) is 24.7 Å². The van der Waals surface area contributed by atoms with Crippen molar-refractivity contribution < 1.29 is 17.7 Å². The van der Waals surface area contributed by atoms with Gasteiger partial charge in [0.1, 0.15) is 0 Å². The highest BCUT2D eigenvalue weighted by atomic mass is 35.5. The molecule has 0 aliphatic carbocycles. The summed E-state index contributed by atoms with van der Waals surface area (Å²) in [7, 11) is 0. The number of nitrogens with zero attached hydrogens (tertiary/aromatic N) is 5. The summed E-state index contributed by atoms with van der Waals surface area (Å²) in [4.78, 5) is 5.31. The highest BCUT2D eigenvalue weighted by molar-refractivity contribution is 6.33. The van der Waals surface area contributed by atoms with Crippen LogP contribution < -0.4 is 10.2 Å². The van der Waals surface area contributed by atoms with E-state index in [9.17, 15) is 13.2 Å². The number of aromatic nitrogens is 4. The Balaban J connectivity index is 1.67. The molecule has 0 saturated carbocycles. The Morgan fingerprint density at radius 3 is 2.75 bits per heavy atom. The smallest absolute Gasteiger partial charge is 0.365 e. The summed E-state index contributed by atoms with van der Waals surface area (Å²) < 4.78 is 42.8. The number of benzene rings is 1. The summed E-state index contributed by atoms with van der Waals surface area (Å²) in [6.07, 6.45) is -4.71. The van der Waals surface area contributed by atoms with E-state index in [0.717, 1.165) is 5.56 Å². The van der Waals surface area contributed by atoms with Gasteiger partial charge < -0.3 is 14.7 Å². The van der Waals surface area contributed by atoms with Gasteiger partial charge in [0.25, 0.3) is 11.7 Å². The first kappa shape index (κ1) is 18.8. The Morgan fingerprint density at radius 2 is 2.00 bits per heavy atom. The molecule has 0 spiro atoms. The lowest BCUT2D eigenvalue weighted by Crippen LogP contribution is -2.34. The lowest BCUT2D eigenvalue weighted by molar-refractivity contribution is -0.146. The molecule has 0 amide bonds. The van der Waals surface area contributed by atoms with Gasteiger partial charge in [-0.1, -0.05) is 28.4 Å². The number of anilines is 2. The number of halogens is 5. The predicted molar refractivity (Wildman–Crippen MR) is 96.3 cm³/mol. The van der Waals surface area contributed by atoms with Gasteiger partial charge in [0.15, 0.2) is 11.5 Å². The molecule has 4 rings (SSSR count). The Labute approximate surface area is 166 Å². The van der Waals surface area contributed by atoms with E-state index in [1.54, 1.807) is 24.3 Å². The van der Waals surface area contributed by atoms with E-state index in [1.165, 1.54) is 0 Å². The highest BCUT2D eigenvalue weighted by Gasteiger charge is 2.37. The highest BCUT2D eigenvalue weighted by Crippen LogP contribution is 2.33. The van der Waals surface area contributed by atoms with Gasteiger partial charge in [-0.05, 0) is 29.8 Å². The maximum Gasteiger partial charge on any atom is 0.455 e. The number of alkyl halides is 3. The fraction of sp³-hybridized carbons (Fsp3) is 0.250. The first-order valence-corrected chi connectivity index (χ1v) is 8.78. The third kappa shape index (κ3) is 3.69. The van der Waals surface area contributed by atoms with Crippen LogP contribution in [0, 0.1) is 0 Å². The number of hydrogen-bond donors (Lipinski definition) is 1. The number of hydrogen-bond acceptors (Lipinski definition) is 7. The van der Waals surface area contributed by atoms with Gasteiger partial charge in [-0.2, -0.15) is 18.2 Å². The lowest BCUT2D eigenvalue weighted by atomic mass is 10.1. The minimum atomic E-state index is -4.71. The Hall–Kier alpha value is -2.59. The third-order valence-corrected chi connectivity index (χ3v) is 4.66. The lowest BCUT2D eigenvalue weighted by Gasteiger charge is -2.31. The number of rotatable bonds is 3. The zero-order chi connectivity index (χ0) is 19.9. The number of fused-ring (bicyclic) bond motifs is 1. The standard InChI is InChI=1S/C16H11Cl2F3N6O/c17-9-1-2-10(18)8(5-9)7-27-4-3-22-13-12(27)6-11(24-25-13)14-23-15(26-28-14)16(19,20)21/h1-2,5-6H,3-4,7H2,(H,22,25). The van der Waals surface area contributed by atoms with Crippen molar-refractivity contribution >= 4 is 34.7 Å². The molecule has 0 fully saturated rings. The molecule has 12 heteroatoms. The fourth-order valence-electron chi connectivity index (χ4n) is 2.76. The molecule has 3 heterocycles. The van der Waals surface area contributed by atoms with E-state index < -0.39 is 12.0 Å². The normalized spacial score (nSPS) is 14.0. The van der Waals surface area contributed by atoms with Crippen molar-refractivity contribution in [1.82, 2.24) is 20.3 Å². The van der Waals surface area contributed by atoms with Crippen LogP contribution in [0.1, 0.15) is 11.4 Å². The molecule has 7 nitrogen and oxygen atoms in total. The largest absolute Gasteiger partial charge is 0.455 e. The second kappa shape index (κ2) is 7.10. The van der Waals surface area contributed by atoms with Crippen LogP contribution in [-0.2, 0) is 12.7 Å². The van der Waals surface area contributed by atoms with Gasteiger partial charge in [-0.15, -0.1) is 10.2 Å². The van der Waals surface area contributed by atoms with Crippen molar-refractivity contribution in [3.05, 3.63) is 45.7 Å². The van der Waals surface area contributed by atoms with Crippen molar-refractivity contribution in [3.63, 3.8) is 0 Å². The van der Waals surface area contributed by atoms with Crippen LogP contribution in [0.3, 0.4) is 0 Å². The van der Waals surface area contributed by atoms with E-state index in [2.05, 4.69) is 25.7 Å². The van der Waals surface area contributed by atoms with Gasteiger partial charge in [-0.25, -0.2) is 0 Å². The van der Waals surface area contributed by atoms with E-state index in [1.807, 2.05) is 4.90 Å². The van der Waals surface area contributed by atoms with E-state index >= 15 is 0 Å². The zero-order valence-corrected chi connectivity index (χ0v) is 15.5. The van der Waals surface area contributed by atoms with Gasteiger partial charge in [0, 0.05) is 29.7 Å². The minimum Gasteiger partial charge on any atom is -0.365 e. The maximum atomic E-state index is 12.7. The molecular formula is C16H11Cl2F3N6O. The van der Waals surface area contributed by atoms with Crippen molar-refractivity contribution in [3.8, 4) is 11.6 Å². The van der Waals surface area contributed by atoms with Crippen molar-refractivity contribution in [2.24, 2.45) is 0 Å². The van der Waals surface area contributed by atoms with Gasteiger partial charge >= 0.3 is 6.18 Å². The predicted octanol–water partition coefficient (Wildman–Crippen LogP) is 4.28. The summed E-state index contributed by atoms with van der Waals surface area (Å²) in [5.74, 6) is -1.25. The first-order chi connectivity index (χ1) is 13.3. The van der Waals surface area contributed by atoms with Crippen LogP contribution in [0.2, 0.25) is 10.0 Å². The second-order valence-electron chi connectivity index (χ2n) is 5.97. The van der Waals surface area contributed by atoms with Gasteiger partial charge in [0.05, 0.1) is 5.69 Å². The molecule has 2 aromatic heterocycles. The van der Waals surface area contributed by atoms with Crippen molar-refractivity contribution in [2.75, 3.05) is 23.3 Å². The quantitative estimate of drug-likeness (QED) is 0.663. The Kier molecular flexibility index (Phi) is 4.76. The average Bonchev–Trinajstić information content (AvgIpc) is 3.15. The SMILES string of the molecule is FC(F)(F)c1noc(-c2cc3c(nn2)NCCN3Cc2cc(Cl)ccc2Cl)n1. The van der Waals surface area contributed by atoms with Crippen LogP contribution in [0.5, 0.6) is 0 Å². The van der Waals surface area contributed by atoms with Crippen LogP contribution in [-0.4, -0.2) is 33.4 Å². The van der Waals surface area contributed by atoms with Crippen LogP contribution in [0.25, 0.3) is 11.6 Å². The molecule has 0 atom stereocenters. The second-order valence-corrected chi connectivity index (χ2v) is 6.81. The molecule has 0 radical (unpaired) electrons. The monoisotopic (exact) mass is 430 g/mol. The average molecular weight is 431 g/mol. The molecule has 1 aromatic carbocycles. The molecule has 1 N–H and O–H groups in total. The summed E-state index contributed by atoms with van der Waals surface area (Å²) in [5.41, 5.74) is 1.46. The third-order valence-electron chi connectivity index (χ3n) is 4.06. The van der Waals surface area contributed by atoms with Crippen LogP contribution in [0.15, 0.2) is 28.8 Å². The molecule has 0 saturated heterocycles. The van der Waals surface area contributed by atoms with E-state index in [0.29, 0.717) is 41.2 Å². The first-order valence-electron chi connectivity index (χ1n) is 8.03. The van der Waals surface area contributed by atoms with Crippen molar-refractivity contribution in [2.45, 2.75) is 12.7 Å². The summed E-state index contributed by atoms with van der Waals surface area (Å²) in [5, 5.41) is 15.0. The molecule has 146 valence electrons.